The van der Waals surface area contributed by atoms with Crippen molar-refractivity contribution in [2.24, 2.45) is 11.7 Å². The first-order chi connectivity index (χ1) is 16.8. The molecule has 0 spiro atoms. The molecule has 188 valence electrons. The van der Waals surface area contributed by atoms with Crippen LogP contribution in [0.25, 0.3) is 11.3 Å². The minimum Gasteiger partial charge on any atom is -0.368 e. The number of nitrogens with zero attached hydrogens (tertiary/aromatic N) is 2. The van der Waals surface area contributed by atoms with E-state index in [-0.39, 0.29) is 29.5 Å². The van der Waals surface area contributed by atoms with Crippen LogP contribution in [-0.2, 0) is 9.59 Å². The van der Waals surface area contributed by atoms with E-state index in [2.05, 4.69) is 20.7 Å². The zero-order valence-electron chi connectivity index (χ0n) is 19.3. The molecule has 2 aliphatic rings. The molecule has 4 rings (SSSR count). The highest BCUT2D eigenvalue weighted by atomic mass is 19.1. The minimum absolute atomic E-state index is 0.0180. The van der Waals surface area contributed by atoms with Crippen LogP contribution in [0.1, 0.15) is 49.0 Å². The second-order valence-electron chi connectivity index (χ2n) is 9.15. The van der Waals surface area contributed by atoms with Crippen LogP contribution in [0.2, 0.25) is 0 Å². The molecule has 11 heteroatoms. The number of aromatic nitrogens is 1. The molecule has 2 unspecified atom stereocenters. The van der Waals surface area contributed by atoms with Gasteiger partial charge in [-0.15, -0.1) is 0 Å². The van der Waals surface area contributed by atoms with Crippen molar-refractivity contribution in [3.63, 3.8) is 0 Å². The number of carbonyl (C=O) groups excluding carboxylic acids is 3. The van der Waals surface area contributed by atoms with Gasteiger partial charge >= 0.3 is 0 Å². The van der Waals surface area contributed by atoms with Crippen LogP contribution < -0.4 is 16.4 Å². The molecule has 1 saturated carbocycles. The molecule has 3 amide bonds. The maximum atomic E-state index is 14.1. The molecule has 2 heterocycles. The number of rotatable bonds is 7. The van der Waals surface area contributed by atoms with Crippen LogP contribution in [0.4, 0.5) is 8.78 Å². The zero-order valence-corrected chi connectivity index (χ0v) is 19.3. The van der Waals surface area contributed by atoms with Crippen LogP contribution in [0.5, 0.6) is 0 Å². The van der Waals surface area contributed by atoms with Crippen LogP contribution in [0, 0.1) is 17.6 Å². The van der Waals surface area contributed by atoms with Crippen molar-refractivity contribution in [2.75, 3.05) is 19.6 Å². The number of nitrogens with two attached hydrogens (primary N) is 1. The predicted octanol–water partition coefficient (Wildman–Crippen LogP) is 1.97. The normalized spacial score (nSPS) is 21.4. The number of hydrogen-bond acceptors (Lipinski definition) is 6. The van der Waals surface area contributed by atoms with E-state index in [0.717, 1.165) is 38.3 Å². The third kappa shape index (κ3) is 6.02. The van der Waals surface area contributed by atoms with Gasteiger partial charge in [-0.05, 0) is 31.4 Å². The molecule has 1 aliphatic heterocycles. The highest BCUT2D eigenvalue weighted by Crippen LogP contribution is 2.28. The number of primary amides is 1. The average molecular weight is 490 g/mol. The molecule has 1 aromatic heterocycles. The summed E-state index contributed by atoms with van der Waals surface area (Å²) in [6, 6.07) is 4.16. The molecule has 1 saturated heterocycles. The second kappa shape index (κ2) is 10.9. The molecule has 1 aromatic carbocycles. The topological polar surface area (TPSA) is 131 Å². The second-order valence-corrected chi connectivity index (χ2v) is 9.15. The summed E-state index contributed by atoms with van der Waals surface area (Å²) in [7, 11) is 0. The number of halogens is 2. The standard InChI is InChI=1S/C24H29F2N5O4/c25-14-6-7-16(18(26)10-14)21-11-20(30-35-21)24(34)29-19-8-9-31(15-4-2-1-3-5-15)13-17(19)23(33)28-12-22(27)32/h6-7,10-11,15,17,19H,1-5,8-9,12-13H2,(H2,27,32)(H,28,33)(H,29,34). The maximum Gasteiger partial charge on any atom is 0.273 e. The van der Waals surface area contributed by atoms with Gasteiger partial charge in [-0.2, -0.15) is 0 Å². The fourth-order valence-corrected chi connectivity index (χ4v) is 4.94. The number of benzene rings is 1. The van der Waals surface area contributed by atoms with Gasteiger partial charge in [0.1, 0.15) is 11.6 Å². The largest absolute Gasteiger partial charge is 0.368 e. The molecule has 9 nitrogen and oxygen atoms in total. The molecule has 35 heavy (non-hydrogen) atoms. The van der Waals surface area contributed by atoms with E-state index >= 15 is 0 Å². The lowest BCUT2D eigenvalue weighted by molar-refractivity contribution is -0.130. The summed E-state index contributed by atoms with van der Waals surface area (Å²) in [5.41, 5.74) is 5.06. The van der Waals surface area contributed by atoms with E-state index in [0.29, 0.717) is 25.1 Å². The summed E-state index contributed by atoms with van der Waals surface area (Å²) in [6.07, 6.45) is 6.22. The first-order valence-electron chi connectivity index (χ1n) is 11.8. The van der Waals surface area contributed by atoms with Crippen molar-refractivity contribution in [2.45, 2.75) is 50.6 Å². The zero-order chi connectivity index (χ0) is 24.9. The number of hydrogen-bond donors (Lipinski definition) is 3. The Labute approximate surface area is 201 Å². The first-order valence-corrected chi connectivity index (χ1v) is 11.8. The number of likely N-dealkylation sites (tertiary alicyclic amines) is 1. The Morgan fingerprint density at radius 2 is 1.89 bits per heavy atom. The van der Waals surface area contributed by atoms with Gasteiger partial charge in [0, 0.05) is 37.3 Å². The van der Waals surface area contributed by atoms with Crippen LogP contribution in [0.15, 0.2) is 28.8 Å². The number of nitrogens with one attached hydrogen (secondary N) is 2. The summed E-state index contributed by atoms with van der Waals surface area (Å²) < 4.78 is 32.4. The first kappa shape index (κ1) is 24.8. The van der Waals surface area contributed by atoms with Gasteiger partial charge in [-0.1, -0.05) is 24.4 Å². The van der Waals surface area contributed by atoms with Gasteiger partial charge in [0.05, 0.1) is 18.0 Å². The third-order valence-corrected chi connectivity index (χ3v) is 6.76. The monoisotopic (exact) mass is 489 g/mol. The lowest BCUT2D eigenvalue weighted by Gasteiger charge is -2.43. The fourth-order valence-electron chi connectivity index (χ4n) is 4.94. The highest BCUT2D eigenvalue weighted by molar-refractivity contribution is 5.94. The Morgan fingerprint density at radius 1 is 1.11 bits per heavy atom. The lowest BCUT2D eigenvalue weighted by atomic mass is 9.87. The van der Waals surface area contributed by atoms with Crippen molar-refractivity contribution in [3.05, 3.63) is 41.6 Å². The fraction of sp³-hybridized carbons (Fsp3) is 0.500. The van der Waals surface area contributed by atoms with Gasteiger partial charge in [0.25, 0.3) is 5.91 Å². The van der Waals surface area contributed by atoms with Crippen molar-refractivity contribution in [1.82, 2.24) is 20.7 Å². The molecular weight excluding hydrogens is 460 g/mol. The molecule has 1 aliphatic carbocycles. The molecule has 0 bridgehead atoms. The lowest BCUT2D eigenvalue weighted by Crippen LogP contribution is -2.58. The summed E-state index contributed by atoms with van der Waals surface area (Å²) in [4.78, 5) is 39.3. The van der Waals surface area contributed by atoms with Crippen molar-refractivity contribution < 1.29 is 27.7 Å². The van der Waals surface area contributed by atoms with E-state index in [1.165, 1.54) is 18.6 Å². The van der Waals surface area contributed by atoms with E-state index in [1.54, 1.807) is 0 Å². The van der Waals surface area contributed by atoms with Crippen molar-refractivity contribution in [1.29, 1.82) is 0 Å². The highest BCUT2D eigenvalue weighted by Gasteiger charge is 2.38. The van der Waals surface area contributed by atoms with E-state index in [9.17, 15) is 23.2 Å². The Kier molecular flexibility index (Phi) is 7.74. The third-order valence-electron chi connectivity index (χ3n) is 6.76. The summed E-state index contributed by atoms with van der Waals surface area (Å²) >= 11 is 0. The van der Waals surface area contributed by atoms with Gasteiger partial charge < -0.3 is 20.9 Å². The quantitative estimate of drug-likeness (QED) is 0.545. The smallest absolute Gasteiger partial charge is 0.273 e. The molecule has 2 aromatic rings. The SMILES string of the molecule is NC(=O)CNC(=O)C1CN(C2CCCCC2)CCC1NC(=O)c1cc(-c2ccc(F)cc2F)on1. The Hall–Kier alpha value is -3.34. The number of piperidine rings is 1. The number of carbonyl (C=O) groups is 3. The van der Waals surface area contributed by atoms with E-state index in [4.69, 9.17) is 10.3 Å². The number of amides is 3. The van der Waals surface area contributed by atoms with Gasteiger partial charge in [-0.3, -0.25) is 19.3 Å². The van der Waals surface area contributed by atoms with E-state index in [1.807, 2.05) is 0 Å². The van der Waals surface area contributed by atoms with Crippen LogP contribution in [0.3, 0.4) is 0 Å². The maximum absolute atomic E-state index is 14.1. The van der Waals surface area contributed by atoms with E-state index < -0.39 is 35.4 Å². The molecule has 4 N–H and O–H groups in total. The van der Waals surface area contributed by atoms with Gasteiger partial charge in [-0.25, -0.2) is 8.78 Å². The molecular formula is C24H29F2N5O4. The summed E-state index contributed by atoms with van der Waals surface area (Å²) in [5.74, 6) is -3.76. The Morgan fingerprint density at radius 3 is 2.60 bits per heavy atom. The van der Waals surface area contributed by atoms with Crippen LogP contribution >= 0.6 is 0 Å². The molecule has 0 radical (unpaired) electrons. The Balaban J connectivity index is 1.46. The average Bonchev–Trinajstić information content (AvgIpc) is 3.33. The van der Waals surface area contributed by atoms with Crippen LogP contribution in [-0.4, -0.2) is 59.5 Å². The summed E-state index contributed by atoms with van der Waals surface area (Å²) in [6.45, 7) is 0.889. The van der Waals surface area contributed by atoms with Gasteiger partial charge in [0.2, 0.25) is 11.8 Å². The molecule has 2 fully saturated rings. The summed E-state index contributed by atoms with van der Waals surface area (Å²) in [5, 5.41) is 9.12. The Bertz CT molecular complexity index is 1090. The predicted molar refractivity (Wildman–Crippen MR) is 122 cm³/mol. The van der Waals surface area contributed by atoms with Gasteiger partial charge in [0.15, 0.2) is 11.5 Å². The molecule has 2 atom stereocenters. The van der Waals surface area contributed by atoms with Crippen molar-refractivity contribution in [3.8, 4) is 11.3 Å². The minimum atomic E-state index is -0.839. The van der Waals surface area contributed by atoms with Crippen molar-refractivity contribution >= 4 is 17.7 Å².